The van der Waals surface area contributed by atoms with E-state index in [1.54, 1.807) is 46.9 Å². The van der Waals surface area contributed by atoms with E-state index in [4.69, 9.17) is 0 Å². The molecule has 3 rings (SSSR count). The van der Waals surface area contributed by atoms with Gasteiger partial charge in [-0.05, 0) is 38.1 Å². The van der Waals surface area contributed by atoms with Crippen LogP contribution in [-0.4, -0.2) is 34.9 Å². The third-order valence-corrected chi connectivity index (χ3v) is 5.72. The molecule has 2 amide bonds. The van der Waals surface area contributed by atoms with E-state index in [-0.39, 0.29) is 11.8 Å². The Balaban J connectivity index is 1.43. The van der Waals surface area contributed by atoms with Gasteiger partial charge in [0.05, 0.1) is 21.4 Å². The van der Waals surface area contributed by atoms with Gasteiger partial charge < -0.3 is 10.6 Å². The molecule has 0 radical (unpaired) electrons. The van der Waals surface area contributed by atoms with Gasteiger partial charge in [-0.25, -0.2) is 9.97 Å². The largest absolute Gasteiger partial charge is 0.352 e. The number of aromatic nitrogens is 2. The summed E-state index contributed by atoms with van der Waals surface area (Å²) < 4.78 is 0. The molecule has 6 nitrogen and oxygen atoms in total. The molecule has 2 N–H and O–H groups in total. The van der Waals surface area contributed by atoms with Crippen molar-refractivity contribution in [3.05, 3.63) is 67.6 Å². The van der Waals surface area contributed by atoms with Crippen molar-refractivity contribution in [2.45, 2.75) is 26.7 Å². The van der Waals surface area contributed by atoms with Crippen LogP contribution in [0.3, 0.4) is 0 Å². The van der Waals surface area contributed by atoms with Crippen molar-refractivity contribution < 1.29 is 9.59 Å². The second-order valence-electron chi connectivity index (χ2n) is 6.30. The zero-order valence-electron chi connectivity index (χ0n) is 15.8. The van der Waals surface area contributed by atoms with Gasteiger partial charge in [-0.3, -0.25) is 9.59 Å². The lowest BCUT2D eigenvalue weighted by molar-refractivity contribution is 0.0942. The summed E-state index contributed by atoms with van der Waals surface area (Å²) in [5.74, 6) is -0.310. The third kappa shape index (κ3) is 5.71. The van der Waals surface area contributed by atoms with Gasteiger partial charge >= 0.3 is 0 Å². The fraction of sp³-hybridized carbons (Fsp3) is 0.300. The number of nitrogens with one attached hydrogen (secondary N) is 2. The molecular formula is C20H22N4O2S2. The average Bonchev–Trinajstić information content (AvgIpc) is 3.29. The Labute approximate surface area is 172 Å². The highest BCUT2D eigenvalue weighted by Crippen LogP contribution is 2.09. The van der Waals surface area contributed by atoms with Crippen LogP contribution in [0.2, 0.25) is 0 Å². The van der Waals surface area contributed by atoms with Crippen LogP contribution < -0.4 is 10.6 Å². The molecule has 0 aliphatic heterocycles. The van der Waals surface area contributed by atoms with Crippen LogP contribution in [0.25, 0.3) is 0 Å². The lowest BCUT2D eigenvalue weighted by atomic mass is 10.1. The van der Waals surface area contributed by atoms with E-state index in [0.29, 0.717) is 37.1 Å². The molecule has 0 unspecified atom stereocenters. The molecule has 28 heavy (non-hydrogen) atoms. The van der Waals surface area contributed by atoms with Crippen molar-refractivity contribution in [3.63, 3.8) is 0 Å². The van der Waals surface area contributed by atoms with Crippen LogP contribution in [0.5, 0.6) is 0 Å². The molecule has 0 saturated carbocycles. The number of benzene rings is 1. The second-order valence-corrected chi connectivity index (χ2v) is 8.43. The molecule has 0 aliphatic rings. The minimum atomic E-state index is -0.155. The lowest BCUT2D eigenvalue weighted by Gasteiger charge is -2.07. The molecule has 0 spiro atoms. The van der Waals surface area contributed by atoms with Crippen LogP contribution in [-0.2, 0) is 12.8 Å². The SMILES string of the molecule is Cc1nc(CCNC(=O)c2ccc(C(=O)NCCc3csc(C)n3)cc2)cs1. The van der Waals surface area contributed by atoms with E-state index in [9.17, 15) is 9.59 Å². The maximum atomic E-state index is 12.2. The van der Waals surface area contributed by atoms with E-state index in [2.05, 4.69) is 20.6 Å². The number of rotatable bonds is 8. The summed E-state index contributed by atoms with van der Waals surface area (Å²) in [4.78, 5) is 33.2. The van der Waals surface area contributed by atoms with Crippen molar-refractivity contribution in [1.82, 2.24) is 20.6 Å². The Bertz CT molecular complexity index is 870. The predicted molar refractivity (Wildman–Crippen MR) is 112 cm³/mol. The molecule has 0 fully saturated rings. The number of aryl methyl sites for hydroxylation is 2. The predicted octanol–water partition coefficient (Wildman–Crippen LogP) is 3.16. The van der Waals surface area contributed by atoms with Gasteiger partial charge in [0.2, 0.25) is 0 Å². The Kier molecular flexibility index (Phi) is 6.89. The molecule has 1 aromatic carbocycles. The zero-order chi connectivity index (χ0) is 19.9. The lowest BCUT2D eigenvalue weighted by Crippen LogP contribution is -2.27. The van der Waals surface area contributed by atoms with E-state index in [1.807, 2.05) is 24.6 Å². The van der Waals surface area contributed by atoms with E-state index in [0.717, 1.165) is 21.4 Å². The molecule has 146 valence electrons. The molecule has 2 heterocycles. The van der Waals surface area contributed by atoms with Crippen LogP contribution in [0.15, 0.2) is 35.0 Å². The topological polar surface area (TPSA) is 84.0 Å². The van der Waals surface area contributed by atoms with Gasteiger partial charge in [0.25, 0.3) is 11.8 Å². The first-order valence-corrected chi connectivity index (χ1v) is 10.8. The minimum absolute atomic E-state index is 0.155. The van der Waals surface area contributed by atoms with Crippen LogP contribution in [0, 0.1) is 13.8 Å². The van der Waals surface area contributed by atoms with Crippen molar-refractivity contribution in [2.24, 2.45) is 0 Å². The highest BCUT2D eigenvalue weighted by atomic mass is 32.1. The van der Waals surface area contributed by atoms with Gasteiger partial charge in [-0.2, -0.15) is 0 Å². The van der Waals surface area contributed by atoms with Gasteiger partial charge in [-0.1, -0.05) is 0 Å². The standard InChI is InChI=1S/C20H22N4O2S2/c1-13-23-17(11-27-13)7-9-21-19(25)15-3-5-16(6-4-15)20(26)22-10-8-18-12-28-14(2)24-18/h3-6,11-12H,7-10H2,1-2H3,(H,21,25)(H,22,26). The number of amides is 2. The third-order valence-electron chi connectivity index (χ3n) is 4.08. The monoisotopic (exact) mass is 414 g/mol. The molecule has 0 atom stereocenters. The minimum Gasteiger partial charge on any atom is -0.352 e. The Morgan fingerprint density at radius 1 is 0.786 bits per heavy atom. The molecule has 3 aromatic rings. The van der Waals surface area contributed by atoms with E-state index >= 15 is 0 Å². The Hall–Kier alpha value is -2.58. The van der Waals surface area contributed by atoms with Crippen molar-refractivity contribution in [3.8, 4) is 0 Å². The quantitative estimate of drug-likeness (QED) is 0.593. The maximum Gasteiger partial charge on any atom is 0.251 e. The Morgan fingerprint density at radius 3 is 1.50 bits per heavy atom. The number of nitrogens with zero attached hydrogens (tertiary/aromatic N) is 2. The molecular weight excluding hydrogens is 392 g/mol. The van der Waals surface area contributed by atoms with Gasteiger partial charge in [0.1, 0.15) is 0 Å². The number of hydrogen-bond donors (Lipinski definition) is 2. The summed E-state index contributed by atoms with van der Waals surface area (Å²) in [7, 11) is 0. The van der Waals surface area contributed by atoms with Crippen LogP contribution >= 0.6 is 22.7 Å². The fourth-order valence-corrected chi connectivity index (χ4v) is 3.93. The highest BCUT2D eigenvalue weighted by molar-refractivity contribution is 7.09. The van der Waals surface area contributed by atoms with E-state index < -0.39 is 0 Å². The molecule has 0 aliphatic carbocycles. The summed E-state index contributed by atoms with van der Waals surface area (Å²) >= 11 is 3.21. The summed E-state index contributed by atoms with van der Waals surface area (Å²) in [5.41, 5.74) is 3.04. The zero-order valence-corrected chi connectivity index (χ0v) is 17.5. The fourth-order valence-electron chi connectivity index (χ4n) is 2.63. The number of thiazole rings is 2. The first kappa shape index (κ1) is 20.2. The van der Waals surface area contributed by atoms with Gasteiger partial charge in [0, 0.05) is 47.8 Å². The summed E-state index contributed by atoms with van der Waals surface area (Å²) in [6.07, 6.45) is 1.41. The van der Waals surface area contributed by atoms with Gasteiger partial charge in [-0.15, -0.1) is 22.7 Å². The summed E-state index contributed by atoms with van der Waals surface area (Å²) in [6.45, 7) is 4.98. The number of hydrogen-bond acceptors (Lipinski definition) is 6. The normalized spacial score (nSPS) is 10.6. The molecule has 2 aromatic heterocycles. The van der Waals surface area contributed by atoms with Crippen molar-refractivity contribution >= 4 is 34.5 Å². The first-order valence-electron chi connectivity index (χ1n) is 9.00. The van der Waals surface area contributed by atoms with Crippen molar-refractivity contribution in [2.75, 3.05) is 13.1 Å². The first-order chi connectivity index (χ1) is 13.5. The van der Waals surface area contributed by atoms with Crippen molar-refractivity contribution in [1.29, 1.82) is 0 Å². The van der Waals surface area contributed by atoms with Crippen LogP contribution in [0.1, 0.15) is 42.1 Å². The molecule has 8 heteroatoms. The van der Waals surface area contributed by atoms with Gasteiger partial charge in [0.15, 0.2) is 0 Å². The smallest absolute Gasteiger partial charge is 0.251 e. The second kappa shape index (κ2) is 9.57. The average molecular weight is 415 g/mol. The molecule has 0 bridgehead atoms. The highest BCUT2D eigenvalue weighted by Gasteiger charge is 2.09. The summed E-state index contributed by atoms with van der Waals surface area (Å²) in [5, 5.41) is 11.8. The van der Waals surface area contributed by atoms with Crippen LogP contribution in [0.4, 0.5) is 0 Å². The number of carbonyl (C=O) groups is 2. The molecule has 0 saturated heterocycles. The van der Waals surface area contributed by atoms with E-state index in [1.165, 1.54) is 0 Å². The Morgan fingerprint density at radius 2 is 1.18 bits per heavy atom. The number of carbonyl (C=O) groups excluding carboxylic acids is 2. The summed E-state index contributed by atoms with van der Waals surface area (Å²) in [6, 6.07) is 6.67. The maximum absolute atomic E-state index is 12.2.